The molecule has 2 aromatic carbocycles. The maximum atomic E-state index is 12.6. The van der Waals surface area contributed by atoms with Crippen molar-refractivity contribution in [2.45, 2.75) is 32.9 Å². The van der Waals surface area contributed by atoms with Gasteiger partial charge < -0.3 is 5.32 Å². The molecule has 1 amide bonds. The molecule has 29 heavy (non-hydrogen) atoms. The number of nitrogens with zero attached hydrogens (tertiary/aromatic N) is 3. The second kappa shape index (κ2) is 9.05. The average Bonchev–Trinajstić information content (AvgIpc) is 3.26. The van der Waals surface area contributed by atoms with Crippen LogP contribution in [-0.4, -0.2) is 33.7 Å². The summed E-state index contributed by atoms with van der Waals surface area (Å²) in [5, 5.41) is 7.37. The average molecular weight is 389 g/mol. The van der Waals surface area contributed by atoms with Gasteiger partial charge in [0.15, 0.2) is 0 Å². The molecule has 150 valence electrons. The van der Waals surface area contributed by atoms with Crippen LogP contribution in [0.2, 0.25) is 0 Å². The summed E-state index contributed by atoms with van der Waals surface area (Å²) in [4.78, 5) is 15.1. The van der Waals surface area contributed by atoms with Gasteiger partial charge in [0.2, 0.25) is 0 Å². The largest absolute Gasteiger partial charge is 0.348 e. The Morgan fingerprint density at radius 1 is 1.03 bits per heavy atom. The molecule has 1 aliphatic heterocycles. The molecule has 0 spiro atoms. The Morgan fingerprint density at radius 2 is 1.72 bits per heavy atom. The minimum absolute atomic E-state index is 0.103. The number of hydrogen-bond donors (Lipinski definition) is 1. The Bertz CT molecular complexity index is 942. The predicted octanol–water partition coefficient (Wildman–Crippen LogP) is 4.03. The minimum Gasteiger partial charge on any atom is -0.348 e. The highest BCUT2D eigenvalue weighted by molar-refractivity contribution is 5.93. The quantitative estimate of drug-likeness (QED) is 0.693. The first kappa shape index (κ1) is 19.4. The third kappa shape index (κ3) is 4.93. The third-order valence-corrected chi connectivity index (χ3v) is 5.69. The number of para-hydroxylation sites is 1. The molecule has 2 heterocycles. The van der Waals surface area contributed by atoms with E-state index in [-0.39, 0.29) is 5.91 Å². The van der Waals surface area contributed by atoms with Crippen molar-refractivity contribution in [3.05, 3.63) is 83.7 Å². The fraction of sp³-hybridized carbons (Fsp3) is 0.333. The van der Waals surface area contributed by atoms with E-state index >= 15 is 0 Å². The smallest absolute Gasteiger partial charge is 0.254 e. The Morgan fingerprint density at radius 3 is 2.48 bits per heavy atom. The van der Waals surface area contributed by atoms with Gasteiger partial charge in [-0.05, 0) is 55.1 Å². The van der Waals surface area contributed by atoms with E-state index in [2.05, 4.69) is 40.4 Å². The molecule has 0 aliphatic carbocycles. The summed E-state index contributed by atoms with van der Waals surface area (Å²) >= 11 is 0. The molecule has 0 saturated carbocycles. The van der Waals surface area contributed by atoms with Crippen molar-refractivity contribution in [2.24, 2.45) is 5.92 Å². The molecule has 0 radical (unpaired) electrons. The summed E-state index contributed by atoms with van der Waals surface area (Å²) < 4.78 is 1.72. The Hall–Kier alpha value is -2.92. The van der Waals surface area contributed by atoms with Crippen LogP contribution in [0.5, 0.6) is 0 Å². The van der Waals surface area contributed by atoms with Gasteiger partial charge in [-0.1, -0.05) is 49.4 Å². The number of hydrogen-bond acceptors (Lipinski definition) is 3. The van der Waals surface area contributed by atoms with Gasteiger partial charge in [0.1, 0.15) is 0 Å². The second-order valence-corrected chi connectivity index (χ2v) is 7.92. The van der Waals surface area contributed by atoms with Gasteiger partial charge in [-0.25, -0.2) is 4.68 Å². The molecule has 1 saturated heterocycles. The molecule has 1 aromatic heterocycles. The molecular formula is C24H28N4O. The monoisotopic (exact) mass is 388 g/mol. The van der Waals surface area contributed by atoms with Gasteiger partial charge in [0.25, 0.3) is 5.91 Å². The first-order valence-corrected chi connectivity index (χ1v) is 10.4. The van der Waals surface area contributed by atoms with E-state index < -0.39 is 0 Å². The van der Waals surface area contributed by atoms with E-state index in [9.17, 15) is 4.79 Å². The van der Waals surface area contributed by atoms with Gasteiger partial charge in [0.05, 0.1) is 17.4 Å². The number of aromatic nitrogens is 2. The van der Waals surface area contributed by atoms with Crippen LogP contribution in [0.1, 0.15) is 41.3 Å². The van der Waals surface area contributed by atoms with Crippen LogP contribution >= 0.6 is 0 Å². The van der Waals surface area contributed by atoms with Crippen molar-refractivity contribution in [1.82, 2.24) is 20.0 Å². The highest BCUT2D eigenvalue weighted by atomic mass is 16.1. The van der Waals surface area contributed by atoms with Crippen LogP contribution in [0.4, 0.5) is 0 Å². The van der Waals surface area contributed by atoms with Crippen LogP contribution in [0, 0.1) is 5.92 Å². The van der Waals surface area contributed by atoms with Gasteiger partial charge in [0, 0.05) is 19.3 Å². The molecule has 5 nitrogen and oxygen atoms in total. The van der Waals surface area contributed by atoms with Crippen molar-refractivity contribution in [2.75, 3.05) is 13.1 Å². The number of likely N-dealkylation sites (tertiary alicyclic amines) is 1. The Balaban J connectivity index is 1.38. The zero-order chi connectivity index (χ0) is 20.1. The molecule has 3 aromatic rings. The first-order chi connectivity index (χ1) is 14.2. The Kier molecular flexibility index (Phi) is 6.06. The maximum absolute atomic E-state index is 12.6. The van der Waals surface area contributed by atoms with Crippen LogP contribution in [0.15, 0.2) is 67.0 Å². The zero-order valence-corrected chi connectivity index (χ0v) is 16.9. The number of piperidine rings is 1. The Labute approximate surface area is 172 Å². The second-order valence-electron chi connectivity index (χ2n) is 7.92. The summed E-state index contributed by atoms with van der Waals surface area (Å²) in [5.41, 5.74) is 3.97. The molecular weight excluding hydrogens is 360 g/mol. The number of rotatable bonds is 6. The third-order valence-electron chi connectivity index (χ3n) is 5.69. The van der Waals surface area contributed by atoms with E-state index in [1.54, 1.807) is 17.1 Å². The van der Waals surface area contributed by atoms with E-state index in [4.69, 9.17) is 0 Å². The number of carbonyl (C=O) groups is 1. The molecule has 4 rings (SSSR count). The van der Waals surface area contributed by atoms with Crippen LogP contribution in [0.3, 0.4) is 0 Å². The molecule has 5 heteroatoms. The van der Waals surface area contributed by atoms with Gasteiger partial charge in [-0.3, -0.25) is 9.69 Å². The highest BCUT2D eigenvalue weighted by Crippen LogP contribution is 2.19. The maximum Gasteiger partial charge on any atom is 0.254 e. The molecule has 1 aliphatic rings. The molecule has 1 fully saturated rings. The van der Waals surface area contributed by atoms with Crippen LogP contribution in [0.25, 0.3) is 5.69 Å². The van der Waals surface area contributed by atoms with E-state index in [0.717, 1.165) is 31.2 Å². The summed E-state index contributed by atoms with van der Waals surface area (Å²) in [7, 11) is 0. The lowest BCUT2D eigenvalue weighted by molar-refractivity contribution is 0.0950. The molecule has 0 unspecified atom stereocenters. The topological polar surface area (TPSA) is 50.2 Å². The van der Waals surface area contributed by atoms with Crippen molar-refractivity contribution in [3.63, 3.8) is 0 Å². The molecule has 0 bridgehead atoms. The van der Waals surface area contributed by atoms with Crippen molar-refractivity contribution in [1.29, 1.82) is 0 Å². The van der Waals surface area contributed by atoms with Crippen LogP contribution < -0.4 is 5.32 Å². The first-order valence-electron chi connectivity index (χ1n) is 10.4. The number of benzene rings is 2. The van der Waals surface area contributed by atoms with Crippen molar-refractivity contribution < 1.29 is 4.79 Å². The van der Waals surface area contributed by atoms with Crippen LogP contribution in [-0.2, 0) is 13.1 Å². The zero-order valence-electron chi connectivity index (χ0n) is 16.9. The van der Waals surface area contributed by atoms with Crippen molar-refractivity contribution in [3.8, 4) is 5.69 Å². The van der Waals surface area contributed by atoms with Gasteiger partial charge in [-0.15, -0.1) is 0 Å². The number of nitrogens with one attached hydrogen (secondary N) is 1. The summed E-state index contributed by atoms with van der Waals surface area (Å²) in [6, 6.07) is 18.2. The van der Waals surface area contributed by atoms with E-state index in [1.807, 2.05) is 36.4 Å². The highest BCUT2D eigenvalue weighted by Gasteiger charge is 2.17. The summed E-state index contributed by atoms with van der Waals surface area (Å²) in [5.74, 6) is 0.728. The van der Waals surface area contributed by atoms with Crippen molar-refractivity contribution >= 4 is 5.91 Å². The summed E-state index contributed by atoms with van der Waals surface area (Å²) in [6.45, 7) is 6.11. The fourth-order valence-corrected chi connectivity index (χ4v) is 3.78. The number of carbonyl (C=O) groups excluding carboxylic acids is 1. The molecule has 0 atom stereocenters. The lowest BCUT2D eigenvalue weighted by Crippen LogP contribution is -2.33. The normalized spacial score (nSPS) is 15.3. The lowest BCUT2D eigenvalue weighted by Gasteiger charge is -2.30. The number of amides is 1. The predicted molar refractivity (Wildman–Crippen MR) is 115 cm³/mol. The minimum atomic E-state index is -0.103. The SMILES string of the molecule is CC1CCN(Cc2ccccc2CNC(=O)c2cnn(-c3ccccc3)c2)CC1. The van der Waals surface area contributed by atoms with Gasteiger partial charge >= 0.3 is 0 Å². The molecule has 1 N–H and O–H groups in total. The fourth-order valence-electron chi connectivity index (χ4n) is 3.78. The summed E-state index contributed by atoms with van der Waals surface area (Å²) in [6.07, 6.45) is 5.92. The lowest BCUT2D eigenvalue weighted by atomic mass is 9.98. The van der Waals surface area contributed by atoms with E-state index in [0.29, 0.717) is 12.1 Å². The van der Waals surface area contributed by atoms with E-state index in [1.165, 1.54) is 24.0 Å². The standard InChI is InChI=1S/C24H28N4O/c1-19-11-13-27(14-12-19)17-21-8-6-5-7-20(21)15-25-24(29)22-16-26-28(18-22)23-9-3-2-4-10-23/h2-10,16,18-19H,11-15,17H2,1H3,(H,25,29). The van der Waals surface area contributed by atoms with Gasteiger partial charge in [-0.2, -0.15) is 5.10 Å².